The maximum absolute atomic E-state index is 13.9. The maximum atomic E-state index is 13.9. The second-order valence-corrected chi connectivity index (χ2v) is 7.99. The Morgan fingerprint density at radius 1 is 1.03 bits per heavy atom. The van der Waals surface area contributed by atoms with Gasteiger partial charge >= 0.3 is 0 Å². The minimum absolute atomic E-state index is 0.0332. The van der Waals surface area contributed by atoms with Gasteiger partial charge in [0, 0.05) is 25.5 Å². The van der Waals surface area contributed by atoms with E-state index in [1.807, 2.05) is 54.6 Å². The molecular weight excluding hydrogens is 454 g/mol. The highest BCUT2D eigenvalue weighted by Crippen LogP contribution is 2.34. The van der Waals surface area contributed by atoms with Crippen LogP contribution < -0.4 is 15.4 Å². The van der Waals surface area contributed by atoms with Crippen molar-refractivity contribution in [3.8, 4) is 5.75 Å². The summed E-state index contributed by atoms with van der Waals surface area (Å²) >= 11 is 0. The molecule has 4 rings (SSSR count). The Hall–Kier alpha value is -4.27. The van der Waals surface area contributed by atoms with Crippen LogP contribution in [0.2, 0.25) is 0 Å². The van der Waals surface area contributed by atoms with Crippen molar-refractivity contribution in [1.82, 2.24) is 5.01 Å². The lowest BCUT2D eigenvalue weighted by atomic mass is 9.98. The minimum atomic E-state index is -1.11. The molecule has 9 heteroatoms. The fraction of sp³-hybridized carbons (Fsp3) is 0.192. The van der Waals surface area contributed by atoms with Gasteiger partial charge in [-0.1, -0.05) is 42.5 Å². The van der Waals surface area contributed by atoms with Gasteiger partial charge in [-0.25, -0.2) is 13.8 Å². The van der Waals surface area contributed by atoms with Crippen molar-refractivity contribution < 1.29 is 23.1 Å². The molecule has 1 unspecified atom stereocenters. The predicted octanol–water partition coefficient (Wildman–Crippen LogP) is 4.72. The van der Waals surface area contributed by atoms with E-state index in [0.717, 1.165) is 29.0 Å². The van der Waals surface area contributed by atoms with Crippen LogP contribution in [0.4, 0.5) is 20.2 Å². The summed E-state index contributed by atoms with van der Waals surface area (Å²) in [6, 6.07) is 18.4. The molecule has 0 fully saturated rings. The van der Waals surface area contributed by atoms with Crippen LogP contribution in [0.3, 0.4) is 0 Å². The molecule has 0 spiro atoms. The first kappa shape index (κ1) is 23.9. The van der Waals surface area contributed by atoms with E-state index in [1.165, 1.54) is 11.9 Å². The van der Waals surface area contributed by atoms with Gasteiger partial charge in [0.15, 0.2) is 11.6 Å². The number of halogens is 2. The van der Waals surface area contributed by atoms with Gasteiger partial charge in [0.1, 0.15) is 5.75 Å². The van der Waals surface area contributed by atoms with Crippen LogP contribution in [0.15, 0.2) is 71.8 Å². The highest BCUT2D eigenvalue weighted by molar-refractivity contribution is 6.03. The standard InChI is InChI=1S/C26H24F2N4O3/c1-16(33)30-24-13-21(28)20(27)12-23(24)29-15-26(34)32-25(18-8-10-19(35-2)11-9-18)14-22(31-32)17-6-4-3-5-7-17/h3-13,25,29H,14-15H2,1-2H3,(H,30,33). The topological polar surface area (TPSA) is 83.0 Å². The molecule has 0 bridgehead atoms. The molecule has 2 N–H and O–H groups in total. The highest BCUT2D eigenvalue weighted by Gasteiger charge is 2.33. The number of amides is 2. The lowest BCUT2D eigenvalue weighted by molar-refractivity contribution is -0.131. The molecule has 3 aromatic rings. The van der Waals surface area contributed by atoms with Gasteiger partial charge in [-0.3, -0.25) is 9.59 Å². The number of nitrogens with one attached hydrogen (secondary N) is 2. The van der Waals surface area contributed by atoms with E-state index in [4.69, 9.17) is 4.74 Å². The van der Waals surface area contributed by atoms with E-state index < -0.39 is 17.5 Å². The molecule has 1 heterocycles. The average Bonchev–Trinajstić information content (AvgIpc) is 3.31. The van der Waals surface area contributed by atoms with E-state index in [1.54, 1.807) is 7.11 Å². The number of carbonyl (C=O) groups excluding carboxylic acids is 2. The van der Waals surface area contributed by atoms with Crippen LogP contribution in [-0.4, -0.2) is 36.2 Å². The van der Waals surface area contributed by atoms with E-state index in [9.17, 15) is 18.4 Å². The number of hydrazone groups is 1. The first-order valence-corrected chi connectivity index (χ1v) is 10.9. The number of carbonyl (C=O) groups is 2. The lowest BCUT2D eigenvalue weighted by Gasteiger charge is -2.23. The number of nitrogens with zero attached hydrogens (tertiary/aromatic N) is 2. The minimum Gasteiger partial charge on any atom is -0.497 e. The van der Waals surface area contributed by atoms with Gasteiger partial charge in [0.2, 0.25) is 5.91 Å². The van der Waals surface area contributed by atoms with Crippen LogP contribution in [0, 0.1) is 11.6 Å². The third-order valence-electron chi connectivity index (χ3n) is 5.57. The van der Waals surface area contributed by atoms with Crippen LogP contribution in [-0.2, 0) is 9.59 Å². The summed E-state index contributed by atoms with van der Waals surface area (Å²) in [5, 5.41) is 11.2. The monoisotopic (exact) mass is 478 g/mol. The molecule has 1 aliphatic rings. The molecule has 0 saturated heterocycles. The molecule has 0 aliphatic carbocycles. The zero-order chi connectivity index (χ0) is 24.9. The summed E-state index contributed by atoms with van der Waals surface area (Å²) in [6.45, 7) is 0.996. The Morgan fingerprint density at radius 3 is 2.31 bits per heavy atom. The van der Waals surface area contributed by atoms with Gasteiger partial charge in [-0.15, -0.1) is 0 Å². The smallest absolute Gasteiger partial charge is 0.262 e. The SMILES string of the molecule is COc1ccc(C2CC(c3ccccc3)=NN2C(=O)CNc2cc(F)c(F)cc2NC(C)=O)cc1. The Kier molecular flexibility index (Phi) is 7.05. The normalized spacial score (nSPS) is 14.9. The van der Waals surface area contributed by atoms with Crippen molar-refractivity contribution in [2.24, 2.45) is 5.10 Å². The maximum Gasteiger partial charge on any atom is 0.262 e. The van der Waals surface area contributed by atoms with Gasteiger partial charge in [-0.2, -0.15) is 5.10 Å². The fourth-order valence-electron chi connectivity index (χ4n) is 3.87. The first-order chi connectivity index (χ1) is 16.9. The van der Waals surface area contributed by atoms with E-state index in [-0.39, 0.29) is 29.9 Å². The number of methoxy groups -OCH3 is 1. The molecule has 0 aromatic heterocycles. The zero-order valence-corrected chi connectivity index (χ0v) is 19.2. The Bertz CT molecular complexity index is 1260. The summed E-state index contributed by atoms with van der Waals surface area (Å²) in [4.78, 5) is 24.7. The summed E-state index contributed by atoms with van der Waals surface area (Å²) in [5.41, 5.74) is 2.65. The number of ether oxygens (including phenoxy) is 1. The van der Waals surface area contributed by atoms with Crippen LogP contribution in [0.5, 0.6) is 5.75 Å². The van der Waals surface area contributed by atoms with Crippen molar-refractivity contribution in [2.45, 2.75) is 19.4 Å². The summed E-state index contributed by atoms with van der Waals surface area (Å²) in [6.07, 6.45) is 0.504. The molecule has 1 aliphatic heterocycles. The fourth-order valence-corrected chi connectivity index (χ4v) is 3.87. The first-order valence-electron chi connectivity index (χ1n) is 10.9. The second kappa shape index (κ2) is 10.3. The predicted molar refractivity (Wildman–Crippen MR) is 129 cm³/mol. The molecule has 180 valence electrons. The van der Waals surface area contributed by atoms with Gasteiger partial charge < -0.3 is 15.4 Å². The lowest BCUT2D eigenvalue weighted by Crippen LogP contribution is -2.32. The molecule has 0 saturated carbocycles. The van der Waals surface area contributed by atoms with Crippen molar-refractivity contribution in [2.75, 3.05) is 24.3 Å². The van der Waals surface area contributed by atoms with Crippen molar-refractivity contribution in [3.05, 3.63) is 89.5 Å². The third-order valence-corrected chi connectivity index (χ3v) is 5.57. The quantitative estimate of drug-likeness (QED) is 0.515. The summed E-state index contributed by atoms with van der Waals surface area (Å²) < 4.78 is 32.8. The zero-order valence-electron chi connectivity index (χ0n) is 19.2. The van der Waals surface area contributed by atoms with Gasteiger partial charge in [-0.05, 0) is 23.3 Å². The van der Waals surface area contributed by atoms with Gasteiger partial charge in [0.05, 0.1) is 36.8 Å². The Balaban J connectivity index is 1.59. The van der Waals surface area contributed by atoms with E-state index in [2.05, 4.69) is 15.7 Å². The number of benzene rings is 3. The molecule has 3 aromatic carbocycles. The number of rotatable bonds is 7. The van der Waals surface area contributed by atoms with Crippen molar-refractivity contribution in [1.29, 1.82) is 0 Å². The van der Waals surface area contributed by atoms with Crippen molar-refractivity contribution in [3.63, 3.8) is 0 Å². The van der Waals surface area contributed by atoms with E-state index in [0.29, 0.717) is 12.2 Å². The second-order valence-electron chi connectivity index (χ2n) is 7.99. The molecule has 2 amide bonds. The number of hydrogen-bond acceptors (Lipinski definition) is 5. The van der Waals surface area contributed by atoms with Crippen LogP contribution in [0.25, 0.3) is 0 Å². The Labute approximate surface area is 201 Å². The van der Waals surface area contributed by atoms with Gasteiger partial charge in [0.25, 0.3) is 5.91 Å². The molecular formula is C26H24F2N4O3. The largest absolute Gasteiger partial charge is 0.497 e. The number of anilines is 2. The molecule has 35 heavy (non-hydrogen) atoms. The van der Waals surface area contributed by atoms with Crippen LogP contribution >= 0.6 is 0 Å². The van der Waals surface area contributed by atoms with Crippen LogP contribution in [0.1, 0.15) is 30.5 Å². The Morgan fingerprint density at radius 2 is 1.69 bits per heavy atom. The van der Waals surface area contributed by atoms with Crippen molar-refractivity contribution >= 4 is 28.9 Å². The highest BCUT2D eigenvalue weighted by atomic mass is 19.2. The molecule has 1 atom stereocenters. The molecule has 7 nitrogen and oxygen atoms in total. The average molecular weight is 478 g/mol. The van der Waals surface area contributed by atoms with E-state index >= 15 is 0 Å². The number of hydrogen-bond donors (Lipinski definition) is 2. The summed E-state index contributed by atoms with van der Waals surface area (Å²) in [7, 11) is 1.58. The molecule has 0 radical (unpaired) electrons. The summed E-state index contributed by atoms with van der Waals surface area (Å²) in [5.74, 6) is -2.35. The third kappa shape index (κ3) is 5.46.